The maximum absolute atomic E-state index is 9.68. The minimum Gasteiger partial charge on any atom is -0.508 e. The third-order valence-electron chi connectivity index (χ3n) is 5.82. The van der Waals surface area contributed by atoms with Crippen LogP contribution in [0.25, 0.3) is 0 Å². The molecule has 2 saturated heterocycles. The molecule has 4 rings (SSSR count). The van der Waals surface area contributed by atoms with Gasteiger partial charge in [0.2, 0.25) is 0 Å². The van der Waals surface area contributed by atoms with E-state index in [4.69, 9.17) is 0 Å². The van der Waals surface area contributed by atoms with E-state index in [0.717, 1.165) is 13.1 Å². The monoisotopic (exact) mass is 336 g/mol. The molecule has 25 heavy (non-hydrogen) atoms. The zero-order chi connectivity index (χ0) is 17.1. The van der Waals surface area contributed by atoms with Crippen molar-refractivity contribution in [1.29, 1.82) is 0 Å². The first-order valence-corrected chi connectivity index (χ1v) is 9.47. The van der Waals surface area contributed by atoms with Crippen molar-refractivity contribution >= 4 is 0 Å². The zero-order valence-corrected chi connectivity index (χ0v) is 14.9. The van der Waals surface area contributed by atoms with Crippen LogP contribution in [0.5, 0.6) is 5.75 Å². The number of hydrogen-bond donors (Lipinski definition) is 1. The Hall–Kier alpha value is -1.84. The molecular weight excluding hydrogens is 308 g/mol. The van der Waals surface area contributed by atoms with Crippen molar-refractivity contribution in [2.24, 2.45) is 5.41 Å². The van der Waals surface area contributed by atoms with Gasteiger partial charge in [0.15, 0.2) is 0 Å². The number of hydrogen-bond acceptors (Lipinski definition) is 3. The van der Waals surface area contributed by atoms with Gasteiger partial charge in [-0.05, 0) is 61.0 Å². The number of phenolic OH excluding ortho intramolecular Hbond substituents is 1. The molecule has 2 heterocycles. The second-order valence-corrected chi connectivity index (χ2v) is 7.93. The van der Waals surface area contributed by atoms with Crippen molar-refractivity contribution in [1.82, 2.24) is 9.80 Å². The molecule has 2 aromatic carbocycles. The highest BCUT2D eigenvalue weighted by atomic mass is 16.3. The predicted molar refractivity (Wildman–Crippen MR) is 101 cm³/mol. The highest BCUT2D eigenvalue weighted by Crippen LogP contribution is 2.39. The molecule has 0 amide bonds. The molecule has 132 valence electrons. The molecule has 1 spiro atoms. The number of nitrogens with zero attached hydrogens (tertiary/aromatic N) is 2. The van der Waals surface area contributed by atoms with Gasteiger partial charge in [-0.25, -0.2) is 0 Å². The first-order chi connectivity index (χ1) is 12.2. The molecule has 2 aliphatic rings. The molecule has 2 aromatic rings. The van der Waals surface area contributed by atoms with Gasteiger partial charge in [-0.1, -0.05) is 42.5 Å². The lowest BCUT2D eigenvalue weighted by Crippen LogP contribution is -2.44. The normalized spacial score (nSPS) is 24.8. The van der Waals surface area contributed by atoms with Gasteiger partial charge in [0.1, 0.15) is 5.75 Å². The number of rotatable bonds is 4. The van der Waals surface area contributed by atoms with E-state index in [1.165, 1.54) is 56.6 Å². The van der Waals surface area contributed by atoms with Crippen LogP contribution in [0, 0.1) is 5.41 Å². The average Bonchev–Trinajstić information content (AvgIpc) is 2.97. The van der Waals surface area contributed by atoms with Crippen LogP contribution in [0.15, 0.2) is 54.6 Å². The van der Waals surface area contributed by atoms with Crippen LogP contribution in [0.1, 0.15) is 30.4 Å². The van der Waals surface area contributed by atoms with Crippen LogP contribution in [-0.2, 0) is 13.1 Å². The first kappa shape index (κ1) is 16.6. The molecule has 0 radical (unpaired) electrons. The molecule has 3 nitrogen and oxygen atoms in total. The molecule has 0 bridgehead atoms. The molecule has 2 aliphatic heterocycles. The van der Waals surface area contributed by atoms with Gasteiger partial charge in [0.25, 0.3) is 0 Å². The Morgan fingerprint density at radius 3 is 2.32 bits per heavy atom. The van der Waals surface area contributed by atoms with Crippen LogP contribution in [0.3, 0.4) is 0 Å². The Labute approximate surface area is 150 Å². The topological polar surface area (TPSA) is 26.7 Å². The summed E-state index contributed by atoms with van der Waals surface area (Å²) in [6.45, 7) is 6.84. The van der Waals surface area contributed by atoms with Crippen molar-refractivity contribution in [3.8, 4) is 5.75 Å². The fourth-order valence-electron chi connectivity index (χ4n) is 4.70. The Bertz CT molecular complexity index is 702. The van der Waals surface area contributed by atoms with Crippen molar-refractivity contribution in [3.63, 3.8) is 0 Å². The lowest BCUT2D eigenvalue weighted by Gasteiger charge is -2.40. The summed E-state index contributed by atoms with van der Waals surface area (Å²) in [6, 6.07) is 18.6. The van der Waals surface area contributed by atoms with E-state index in [2.05, 4.69) is 46.2 Å². The SMILES string of the molecule is Oc1cccc(CN2CCC3(CCCN(Cc4ccccc4)C3)C2)c1. The molecule has 1 unspecified atom stereocenters. The van der Waals surface area contributed by atoms with Gasteiger partial charge in [0.05, 0.1) is 0 Å². The maximum Gasteiger partial charge on any atom is 0.115 e. The lowest BCUT2D eigenvalue weighted by molar-refractivity contribution is 0.0866. The maximum atomic E-state index is 9.68. The summed E-state index contributed by atoms with van der Waals surface area (Å²) >= 11 is 0. The van der Waals surface area contributed by atoms with E-state index in [1.54, 1.807) is 6.07 Å². The summed E-state index contributed by atoms with van der Waals surface area (Å²) in [5, 5.41) is 9.68. The molecule has 3 heteroatoms. The fourth-order valence-corrected chi connectivity index (χ4v) is 4.70. The van der Waals surface area contributed by atoms with E-state index in [-0.39, 0.29) is 0 Å². The first-order valence-electron chi connectivity index (χ1n) is 9.47. The van der Waals surface area contributed by atoms with Crippen LogP contribution in [0.2, 0.25) is 0 Å². The summed E-state index contributed by atoms with van der Waals surface area (Å²) < 4.78 is 0. The van der Waals surface area contributed by atoms with Gasteiger partial charge in [0, 0.05) is 26.2 Å². The summed E-state index contributed by atoms with van der Waals surface area (Å²) in [6.07, 6.45) is 3.97. The van der Waals surface area contributed by atoms with Crippen molar-refractivity contribution in [2.75, 3.05) is 26.2 Å². The van der Waals surface area contributed by atoms with Crippen molar-refractivity contribution < 1.29 is 5.11 Å². The molecule has 0 aromatic heterocycles. The van der Waals surface area contributed by atoms with Gasteiger partial charge < -0.3 is 5.11 Å². The van der Waals surface area contributed by atoms with Crippen molar-refractivity contribution in [2.45, 2.75) is 32.4 Å². The molecular formula is C22H28N2O. The van der Waals surface area contributed by atoms with Gasteiger partial charge >= 0.3 is 0 Å². The standard InChI is InChI=1S/C22H28N2O/c25-21-9-4-8-20(14-21)16-24-13-11-22(18-24)10-5-12-23(17-22)15-19-6-2-1-3-7-19/h1-4,6-9,14,25H,5,10-13,15-18H2. The predicted octanol–water partition coefficient (Wildman–Crippen LogP) is 3.88. The second-order valence-electron chi connectivity index (χ2n) is 7.93. The Balaban J connectivity index is 1.37. The second kappa shape index (κ2) is 7.19. The highest BCUT2D eigenvalue weighted by Gasteiger charge is 2.41. The van der Waals surface area contributed by atoms with E-state index >= 15 is 0 Å². The lowest BCUT2D eigenvalue weighted by atomic mass is 9.79. The summed E-state index contributed by atoms with van der Waals surface area (Å²) in [5.74, 6) is 0.373. The van der Waals surface area contributed by atoms with E-state index in [1.807, 2.05) is 12.1 Å². The third-order valence-corrected chi connectivity index (χ3v) is 5.82. The average molecular weight is 336 g/mol. The van der Waals surface area contributed by atoms with E-state index < -0.39 is 0 Å². The van der Waals surface area contributed by atoms with Crippen LogP contribution >= 0.6 is 0 Å². The van der Waals surface area contributed by atoms with Gasteiger partial charge in [-0.3, -0.25) is 9.80 Å². The van der Waals surface area contributed by atoms with E-state index in [9.17, 15) is 5.11 Å². The Morgan fingerprint density at radius 2 is 1.52 bits per heavy atom. The fraction of sp³-hybridized carbons (Fsp3) is 0.455. The third kappa shape index (κ3) is 4.05. The van der Waals surface area contributed by atoms with Crippen LogP contribution in [0.4, 0.5) is 0 Å². The molecule has 0 aliphatic carbocycles. The minimum atomic E-state index is 0.373. The van der Waals surface area contributed by atoms with Gasteiger partial charge in [-0.2, -0.15) is 0 Å². The van der Waals surface area contributed by atoms with Crippen molar-refractivity contribution in [3.05, 3.63) is 65.7 Å². The molecule has 0 saturated carbocycles. The van der Waals surface area contributed by atoms with Crippen LogP contribution < -0.4 is 0 Å². The number of aromatic hydroxyl groups is 1. The van der Waals surface area contributed by atoms with E-state index in [0.29, 0.717) is 11.2 Å². The number of phenols is 1. The number of likely N-dealkylation sites (tertiary alicyclic amines) is 2. The number of benzene rings is 2. The largest absolute Gasteiger partial charge is 0.508 e. The zero-order valence-electron chi connectivity index (χ0n) is 14.9. The molecule has 2 fully saturated rings. The minimum absolute atomic E-state index is 0.373. The summed E-state index contributed by atoms with van der Waals surface area (Å²) in [7, 11) is 0. The van der Waals surface area contributed by atoms with Gasteiger partial charge in [-0.15, -0.1) is 0 Å². The molecule has 1 N–H and O–H groups in total. The summed E-state index contributed by atoms with van der Waals surface area (Å²) in [4.78, 5) is 5.22. The highest BCUT2D eigenvalue weighted by molar-refractivity contribution is 5.27. The Kier molecular flexibility index (Phi) is 4.78. The Morgan fingerprint density at radius 1 is 0.800 bits per heavy atom. The number of piperidine rings is 1. The molecule has 1 atom stereocenters. The quantitative estimate of drug-likeness (QED) is 0.918. The summed E-state index contributed by atoms with van der Waals surface area (Å²) in [5.41, 5.74) is 3.10. The smallest absolute Gasteiger partial charge is 0.115 e. The van der Waals surface area contributed by atoms with Crippen LogP contribution in [-0.4, -0.2) is 41.1 Å².